The van der Waals surface area contributed by atoms with Crippen LogP contribution < -0.4 is 0 Å². The fraction of sp³-hybridized carbons (Fsp3) is 0.905. The Morgan fingerprint density at radius 2 is 1.20 bits per heavy atom. The normalized spacial score (nSPS) is 12.5. The molecule has 0 radical (unpaired) electrons. The van der Waals surface area contributed by atoms with E-state index in [2.05, 4.69) is 18.4 Å². The molecule has 0 fully saturated rings. The zero-order valence-corrected chi connectivity index (χ0v) is 19.6. The van der Waals surface area contributed by atoms with E-state index in [1.54, 1.807) is 0 Å². The lowest BCUT2D eigenvalue weighted by atomic mass is 10.1. The summed E-state index contributed by atoms with van der Waals surface area (Å²) in [5.74, 6) is -0.911. The van der Waals surface area contributed by atoms with E-state index in [1.165, 1.54) is 32.1 Å². The molecule has 0 amide bonds. The Bertz CT molecular complexity index is 491. The molecule has 8 nitrogen and oxygen atoms in total. The highest BCUT2D eigenvalue weighted by Gasteiger charge is 2.22. The minimum atomic E-state index is -4.71. The molecule has 0 aromatic heterocycles. The third-order valence-corrected chi connectivity index (χ3v) is 5.11. The molecule has 30 heavy (non-hydrogen) atoms. The molecule has 0 aromatic carbocycles. The Balaban J connectivity index is 4.14. The fourth-order valence-corrected chi connectivity index (χ4v) is 3.26. The molecule has 1 atom stereocenters. The maximum absolute atomic E-state index is 11.9. The van der Waals surface area contributed by atoms with Gasteiger partial charge in [0.05, 0.1) is 6.61 Å². The lowest BCUT2D eigenvalue weighted by Gasteiger charge is -2.18. The predicted octanol–water partition coefficient (Wildman–Crippen LogP) is 5.05. The average molecular weight is 453 g/mol. The maximum Gasteiger partial charge on any atom is 0.469 e. The second-order valence-electron chi connectivity index (χ2n) is 7.62. The number of carbonyl (C=O) groups excluding carboxylic acids is 2. The van der Waals surface area contributed by atoms with E-state index >= 15 is 0 Å². The number of phosphoric acid groups is 1. The standard InChI is InChI=1S/C21H41O8P/c1-3-5-7-9-10-11-12-14-15-20(22)27-17-19(18-28-30(24,25)26)29-21(23)16-13-8-6-4-2/h19H,3-18H2,1-2H3,(H2,24,25,26)/t19-/m1/s1. The molecule has 0 aliphatic heterocycles. The van der Waals surface area contributed by atoms with E-state index in [-0.39, 0.29) is 19.4 Å². The van der Waals surface area contributed by atoms with Crippen LogP contribution >= 0.6 is 7.82 Å². The van der Waals surface area contributed by atoms with Crippen LogP contribution in [-0.2, 0) is 28.2 Å². The number of hydrogen-bond acceptors (Lipinski definition) is 6. The first kappa shape index (κ1) is 29.1. The van der Waals surface area contributed by atoms with E-state index in [9.17, 15) is 14.2 Å². The van der Waals surface area contributed by atoms with Crippen LogP contribution in [0, 0.1) is 0 Å². The van der Waals surface area contributed by atoms with Crippen molar-refractivity contribution in [3.05, 3.63) is 0 Å². The van der Waals surface area contributed by atoms with Crippen LogP contribution in [0.4, 0.5) is 0 Å². The molecule has 0 saturated carbocycles. The van der Waals surface area contributed by atoms with Gasteiger partial charge in [-0.15, -0.1) is 0 Å². The van der Waals surface area contributed by atoms with Crippen LogP contribution in [-0.4, -0.2) is 41.0 Å². The summed E-state index contributed by atoms with van der Waals surface area (Å²) >= 11 is 0. The van der Waals surface area contributed by atoms with Crippen molar-refractivity contribution >= 4 is 19.8 Å². The molecule has 0 spiro atoms. The number of carbonyl (C=O) groups is 2. The molecule has 0 rings (SSSR count). The van der Waals surface area contributed by atoms with Crippen molar-refractivity contribution in [1.29, 1.82) is 0 Å². The molecule has 9 heteroatoms. The predicted molar refractivity (Wildman–Crippen MR) is 115 cm³/mol. The summed E-state index contributed by atoms with van der Waals surface area (Å²) in [4.78, 5) is 41.5. The lowest BCUT2D eigenvalue weighted by molar-refractivity contribution is -0.161. The summed E-state index contributed by atoms with van der Waals surface area (Å²) in [6.45, 7) is 3.44. The maximum atomic E-state index is 11.9. The van der Waals surface area contributed by atoms with Crippen LogP contribution in [0.5, 0.6) is 0 Å². The summed E-state index contributed by atoms with van der Waals surface area (Å²) in [6, 6.07) is 0. The molecule has 0 aromatic rings. The third kappa shape index (κ3) is 20.3. The van der Waals surface area contributed by atoms with Gasteiger partial charge in [0.25, 0.3) is 0 Å². The molecule has 2 N–H and O–H groups in total. The molecular formula is C21H41O8P. The van der Waals surface area contributed by atoms with Gasteiger partial charge < -0.3 is 19.3 Å². The Kier molecular flexibility index (Phi) is 18.2. The molecule has 0 unspecified atom stereocenters. The number of ether oxygens (including phenoxy) is 2. The summed E-state index contributed by atoms with van der Waals surface area (Å²) < 4.78 is 25.6. The van der Waals surface area contributed by atoms with Crippen molar-refractivity contribution in [2.24, 2.45) is 0 Å². The average Bonchev–Trinajstić information content (AvgIpc) is 2.68. The van der Waals surface area contributed by atoms with Crippen LogP contribution in [0.3, 0.4) is 0 Å². The summed E-state index contributed by atoms with van der Waals surface area (Å²) in [6.07, 6.45) is 12.0. The fourth-order valence-electron chi connectivity index (χ4n) is 2.90. The van der Waals surface area contributed by atoms with Crippen LogP contribution in [0.25, 0.3) is 0 Å². The van der Waals surface area contributed by atoms with Gasteiger partial charge in [-0.2, -0.15) is 0 Å². The Morgan fingerprint density at radius 1 is 0.733 bits per heavy atom. The zero-order chi connectivity index (χ0) is 22.7. The lowest BCUT2D eigenvalue weighted by Crippen LogP contribution is -2.29. The molecule has 0 bridgehead atoms. The van der Waals surface area contributed by atoms with Crippen LogP contribution in [0.15, 0.2) is 0 Å². The van der Waals surface area contributed by atoms with Crippen molar-refractivity contribution in [2.75, 3.05) is 13.2 Å². The highest BCUT2D eigenvalue weighted by atomic mass is 31.2. The number of rotatable bonds is 20. The third-order valence-electron chi connectivity index (χ3n) is 4.63. The second-order valence-corrected chi connectivity index (χ2v) is 8.86. The summed E-state index contributed by atoms with van der Waals surface area (Å²) in [5.41, 5.74) is 0. The minimum absolute atomic E-state index is 0.207. The number of phosphoric ester groups is 1. The smallest absolute Gasteiger partial charge is 0.462 e. The van der Waals surface area contributed by atoms with Gasteiger partial charge in [-0.05, 0) is 12.8 Å². The van der Waals surface area contributed by atoms with Crippen molar-refractivity contribution in [1.82, 2.24) is 0 Å². The summed E-state index contributed by atoms with van der Waals surface area (Å²) in [7, 11) is -4.71. The van der Waals surface area contributed by atoms with Gasteiger partial charge in [0.2, 0.25) is 0 Å². The topological polar surface area (TPSA) is 119 Å². The van der Waals surface area contributed by atoms with Gasteiger partial charge in [0.15, 0.2) is 6.10 Å². The van der Waals surface area contributed by atoms with Gasteiger partial charge in [-0.25, -0.2) is 4.57 Å². The van der Waals surface area contributed by atoms with Crippen molar-refractivity contribution in [3.63, 3.8) is 0 Å². The van der Waals surface area contributed by atoms with E-state index in [0.717, 1.165) is 38.5 Å². The number of hydrogen-bond donors (Lipinski definition) is 2. The number of esters is 2. The molecule has 0 heterocycles. The minimum Gasteiger partial charge on any atom is -0.462 e. The van der Waals surface area contributed by atoms with E-state index in [1.807, 2.05) is 0 Å². The van der Waals surface area contributed by atoms with E-state index in [4.69, 9.17) is 19.3 Å². The van der Waals surface area contributed by atoms with Crippen LogP contribution in [0.2, 0.25) is 0 Å². The number of unbranched alkanes of at least 4 members (excludes halogenated alkanes) is 10. The van der Waals surface area contributed by atoms with Crippen LogP contribution in [0.1, 0.15) is 104 Å². The van der Waals surface area contributed by atoms with E-state index < -0.39 is 32.5 Å². The monoisotopic (exact) mass is 452 g/mol. The first-order valence-electron chi connectivity index (χ1n) is 11.3. The SMILES string of the molecule is CCCCCCCCCCC(=O)OC[C@H](COP(=O)(O)O)OC(=O)CCCCCC. The van der Waals surface area contributed by atoms with Gasteiger partial charge in [0, 0.05) is 12.8 Å². The van der Waals surface area contributed by atoms with Crippen molar-refractivity contribution < 1.29 is 37.9 Å². The molecular weight excluding hydrogens is 411 g/mol. The highest BCUT2D eigenvalue weighted by Crippen LogP contribution is 2.35. The Hall–Kier alpha value is -0.950. The Morgan fingerprint density at radius 3 is 1.73 bits per heavy atom. The van der Waals surface area contributed by atoms with Gasteiger partial charge in [-0.3, -0.25) is 14.1 Å². The van der Waals surface area contributed by atoms with Gasteiger partial charge >= 0.3 is 19.8 Å². The molecule has 178 valence electrons. The zero-order valence-electron chi connectivity index (χ0n) is 18.7. The van der Waals surface area contributed by atoms with Crippen molar-refractivity contribution in [2.45, 2.75) is 110 Å². The highest BCUT2D eigenvalue weighted by molar-refractivity contribution is 7.46. The first-order valence-corrected chi connectivity index (χ1v) is 12.9. The first-order chi connectivity index (χ1) is 14.3. The molecule has 0 saturated heterocycles. The molecule has 0 aliphatic carbocycles. The van der Waals surface area contributed by atoms with E-state index in [0.29, 0.717) is 6.42 Å². The summed E-state index contributed by atoms with van der Waals surface area (Å²) in [5, 5.41) is 0. The molecule has 0 aliphatic rings. The Labute approximate surface area is 181 Å². The van der Waals surface area contributed by atoms with Gasteiger partial charge in [0.1, 0.15) is 6.61 Å². The largest absolute Gasteiger partial charge is 0.469 e. The second kappa shape index (κ2) is 18.8. The quantitative estimate of drug-likeness (QED) is 0.150. The van der Waals surface area contributed by atoms with Gasteiger partial charge in [-0.1, -0.05) is 78.1 Å². The van der Waals surface area contributed by atoms with Crippen molar-refractivity contribution in [3.8, 4) is 0 Å².